The van der Waals surface area contributed by atoms with Crippen molar-refractivity contribution in [2.24, 2.45) is 0 Å². The Hall–Kier alpha value is -1.99. The van der Waals surface area contributed by atoms with Crippen molar-refractivity contribution in [3.8, 4) is 11.8 Å². The van der Waals surface area contributed by atoms with Gasteiger partial charge < -0.3 is 4.74 Å². The molecule has 3 nitrogen and oxygen atoms in total. The van der Waals surface area contributed by atoms with Gasteiger partial charge in [0.15, 0.2) is 0 Å². The first kappa shape index (κ1) is 12.5. The van der Waals surface area contributed by atoms with Gasteiger partial charge in [-0.15, -0.1) is 11.8 Å². The second-order valence-electron chi connectivity index (χ2n) is 3.50. The van der Waals surface area contributed by atoms with Crippen LogP contribution in [0.1, 0.15) is 5.56 Å². The molecule has 0 atom stereocenters. The maximum absolute atomic E-state index is 8.76. The molecule has 0 spiro atoms. The fourth-order valence-corrected chi connectivity index (χ4v) is 2.08. The van der Waals surface area contributed by atoms with Crippen molar-refractivity contribution < 1.29 is 4.74 Å². The van der Waals surface area contributed by atoms with Crippen molar-refractivity contribution in [3.05, 3.63) is 54.2 Å². The summed E-state index contributed by atoms with van der Waals surface area (Å²) >= 11 is 1.65. The van der Waals surface area contributed by atoms with E-state index in [2.05, 4.69) is 11.1 Å². The molecule has 0 unspecified atom stereocenters. The van der Waals surface area contributed by atoms with Gasteiger partial charge in [-0.3, -0.25) is 0 Å². The Morgan fingerprint density at radius 2 is 2.17 bits per heavy atom. The predicted molar refractivity (Wildman–Crippen MR) is 71.6 cm³/mol. The van der Waals surface area contributed by atoms with Crippen molar-refractivity contribution in [1.82, 2.24) is 4.98 Å². The quantitative estimate of drug-likeness (QED) is 0.609. The fraction of sp³-hybridized carbons (Fsp3) is 0.143. The zero-order chi connectivity index (χ0) is 12.6. The van der Waals surface area contributed by atoms with Crippen LogP contribution in [0, 0.1) is 11.3 Å². The summed E-state index contributed by atoms with van der Waals surface area (Å²) in [6.07, 6.45) is 1.78. The molecule has 2 aromatic rings. The molecule has 0 saturated heterocycles. The van der Waals surface area contributed by atoms with Gasteiger partial charge in [0, 0.05) is 11.9 Å². The molecule has 0 aliphatic heterocycles. The van der Waals surface area contributed by atoms with E-state index in [-0.39, 0.29) is 0 Å². The van der Waals surface area contributed by atoms with E-state index < -0.39 is 0 Å². The monoisotopic (exact) mass is 256 g/mol. The van der Waals surface area contributed by atoms with Crippen LogP contribution < -0.4 is 4.74 Å². The summed E-state index contributed by atoms with van der Waals surface area (Å²) in [5.41, 5.74) is 0.616. The lowest BCUT2D eigenvalue weighted by Crippen LogP contribution is -2.00. The number of ether oxygens (including phenoxy) is 1. The van der Waals surface area contributed by atoms with Gasteiger partial charge >= 0.3 is 0 Å². The van der Waals surface area contributed by atoms with Crippen LogP contribution in [0.25, 0.3) is 0 Å². The standard InChI is InChI=1S/C14H12N2OS/c15-11-12-4-3-5-13(10-12)17-8-9-18-14-6-1-2-7-16-14/h1-7,10H,8-9H2. The number of aromatic nitrogens is 1. The summed E-state index contributed by atoms with van der Waals surface area (Å²) in [6.45, 7) is 0.593. The van der Waals surface area contributed by atoms with Crippen molar-refractivity contribution in [1.29, 1.82) is 5.26 Å². The van der Waals surface area contributed by atoms with Crippen LogP contribution in [0.15, 0.2) is 53.7 Å². The predicted octanol–water partition coefficient (Wildman–Crippen LogP) is 3.12. The van der Waals surface area contributed by atoms with Gasteiger partial charge in [-0.25, -0.2) is 4.98 Å². The molecule has 0 saturated carbocycles. The molecule has 0 amide bonds. The van der Waals surface area contributed by atoms with Crippen LogP contribution in [-0.4, -0.2) is 17.3 Å². The van der Waals surface area contributed by atoms with Gasteiger partial charge in [0.05, 0.1) is 23.3 Å². The number of hydrogen-bond acceptors (Lipinski definition) is 4. The Morgan fingerprint density at radius 1 is 1.22 bits per heavy atom. The molecule has 0 fully saturated rings. The minimum Gasteiger partial charge on any atom is -0.493 e. The molecule has 1 heterocycles. The van der Waals surface area contributed by atoms with Crippen LogP contribution in [-0.2, 0) is 0 Å². The van der Waals surface area contributed by atoms with E-state index in [1.54, 1.807) is 30.1 Å². The third kappa shape index (κ3) is 3.79. The Kier molecular flexibility index (Phi) is 4.62. The summed E-state index contributed by atoms with van der Waals surface area (Å²) in [5.74, 6) is 1.56. The highest BCUT2D eigenvalue weighted by Crippen LogP contribution is 2.16. The first-order valence-corrected chi connectivity index (χ1v) is 6.54. The smallest absolute Gasteiger partial charge is 0.120 e. The zero-order valence-electron chi connectivity index (χ0n) is 9.74. The highest BCUT2D eigenvalue weighted by atomic mass is 32.2. The molecule has 0 N–H and O–H groups in total. The van der Waals surface area contributed by atoms with E-state index in [1.165, 1.54) is 0 Å². The summed E-state index contributed by atoms with van der Waals surface area (Å²) in [4.78, 5) is 4.22. The molecule has 90 valence electrons. The van der Waals surface area contributed by atoms with E-state index in [0.29, 0.717) is 12.2 Å². The molecule has 18 heavy (non-hydrogen) atoms. The van der Waals surface area contributed by atoms with Crippen molar-refractivity contribution in [3.63, 3.8) is 0 Å². The van der Waals surface area contributed by atoms with Crippen molar-refractivity contribution in [2.75, 3.05) is 12.4 Å². The Morgan fingerprint density at radius 3 is 2.94 bits per heavy atom. The van der Waals surface area contributed by atoms with Gasteiger partial charge in [-0.1, -0.05) is 12.1 Å². The topological polar surface area (TPSA) is 45.9 Å². The summed E-state index contributed by atoms with van der Waals surface area (Å²) in [6, 6.07) is 15.1. The number of nitriles is 1. The minimum atomic E-state index is 0.593. The Balaban J connectivity index is 1.77. The molecular formula is C14H12N2OS. The van der Waals surface area contributed by atoms with Crippen molar-refractivity contribution >= 4 is 11.8 Å². The maximum Gasteiger partial charge on any atom is 0.120 e. The number of thioether (sulfide) groups is 1. The number of pyridine rings is 1. The van der Waals surface area contributed by atoms with Crippen LogP contribution in [0.3, 0.4) is 0 Å². The fourth-order valence-electron chi connectivity index (χ4n) is 1.39. The number of nitrogens with zero attached hydrogens (tertiary/aromatic N) is 2. The maximum atomic E-state index is 8.76. The average Bonchev–Trinajstić information content (AvgIpc) is 2.45. The summed E-state index contributed by atoms with van der Waals surface area (Å²) in [5, 5.41) is 9.76. The van der Waals surface area contributed by atoms with E-state index in [0.717, 1.165) is 16.5 Å². The summed E-state index contributed by atoms with van der Waals surface area (Å²) < 4.78 is 5.57. The average molecular weight is 256 g/mol. The van der Waals surface area contributed by atoms with Crippen molar-refractivity contribution in [2.45, 2.75) is 5.03 Å². The molecule has 0 aliphatic rings. The van der Waals surface area contributed by atoms with Crippen LogP contribution in [0.5, 0.6) is 5.75 Å². The second kappa shape index (κ2) is 6.67. The van der Waals surface area contributed by atoms with E-state index in [1.807, 2.05) is 30.3 Å². The SMILES string of the molecule is N#Cc1cccc(OCCSc2ccccn2)c1. The van der Waals surface area contributed by atoms with Gasteiger partial charge in [0.2, 0.25) is 0 Å². The molecular weight excluding hydrogens is 244 g/mol. The Bertz CT molecular complexity index is 537. The molecule has 0 bridgehead atoms. The van der Waals surface area contributed by atoms with Crippen LogP contribution in [0.2, 0.25) is 0 Å². The lowest BCUT2D eigenvalue weighted by Gasteiger charge is -2.05. The largest absolute Gasteiger partial charge is 0.493 e. The zero-order valence-corrected chi connectivity index (χ0v) is 10.6. The van der Waals surface area contributed by atoms with Gasteiger partial charge in [-0.2, -0.15) is 5.26 Å². The number of rotatable bonds is 5. The lowest BCUT2D eigenvalue weighted by molar-refractivity contribution is 0.344. The highest BCUT2D eigenvalue weighted by Gasteiger charge is 1.97. The summed E-state index contributed by atoms with van der Waals surface area (Å²) in [7, 11) is 0. The number of hydrogen-bond donors (Lipinski definition) is 0. The second-order valence-corrected chi connectivity index (χ2v) is 4.62. The Labute approximate surface area is 110 Å². The van der Waals surface area contributed by atoms with Gasteiger partial charge in [0.25, 0.3) is 0 Å². The molecule has 2 rings (SSSR count). The number of benzene rings is 1. The van der Waals surface area contributed by atoms with E-state index in [9.17, 15) is 0 Å². The third-order valence-electron chi connectivity index (χ3n) is 2.20. The van der Waals surface area contributed by atoms with Gasteiger partial charge in [0.1, 0.15) is 5.75 Å². The van der Waals surface area contributed by atoms with Gasteiger partial charge in [-0.05, 0) is 30.3 Å². The molecule has 0 radical (unpaired) electrons. The minimum absolute atomic E-state index is 0.593. The normalized spacial score (nSPS) is 9.72. The molecule has 1 aromatic carbocycles. The highest BCUT2D eigenvalue weighted by molar-refractivity contribution is 7.99. The third-order valence-corrected chi connectivity index (χ3v) is 3.11. The molecule has 1 aromatic heterocycles. The molecule has 0 aliphatic carbocycles. The first-order chi connectivity index (χ1) is 8.88. The lowest BCUT2D eigenvalue weighted by atomic mass is 10.2. The van der Waals surface area contributed by atoms with E-state index >= 15 is 0 Å². The molecule has 4 heteroatoms. The van der Waals surface area contributed by atoms with Crippen LogP contribution in [0.4, 0.5) is 0 Å². The van der Waals surface area contributed by atoms with Crippen LogP contribution >= 0.6 is 11.8 Å². The van der Waals surface area contributed by atoms with E-state index in [4.69, 9.17) is 10.00 Å². The first-order valence-electron chi connectivity index (χ1n) is 5.55.